The van der Waals surface area contributed by atoms with Gasteiger partial charge in [0.2, 0.25) is 0 Å². The van der Waals surface area contributed by atoms with Gasteiger partial charge in [-0.1, -0.05) is 13.8 Å². The van der Waals surface area contributed by atoms with Crippen molar-refractivity contribution >= 4 is 5.97 Å². The van der Waals surface area contributed by atoms with Crippen molar-refractivity contribution in [3.8, 4) is 0 Å². The Morgan fingerprint density at radius 1 is 1.50 bits per heavy atom. The molecule has 0 aliphatic rings. The van der Waals surface area contributed by atoms with Crippen LogP contribution in [0.25, 0.3) is 0 Å². The van der Waals surface area contributed by atoms with E-state index in [1.807, 2.05) is 0 Å². The molecule has 0 aromatic carbocycles. The molecule has 16 heavy (non-hydrogen) atoms. The van der Waals surface area contributed by atoms with Gasteiger partial charge in [0.05, 0.1) is 0 Å². The van der Waals surface area contributed by atoms with Crippen molar-refractivity contribution < 1.29 is 14.5 Å². The number of hydrogen-bond acceptors (Lipinski definition) is 2. The fraction of sp³-hybridized carbons (Fsp3) is 0.538. The van der Waals surface area contributed by atoms with Crippen LogP contribution in [-0.4, -0.2) is 5.97 Å². The molecule has 0 aliphatic carbocycles. The Morgan fingerprint density at radius 3 is 2.50 bits per heavy atom. The molecule has 0 bridgehead atoms. The number of rotatable bonds is 3. The summed E-state index contributed by atoms with van der Waals surface area (Å²) in [5.74, 6) is -0.294. The van der Waals surface area contributed by atoms with Crippen LogP contribution in [0.5, 0.6) is 0 Å². The van der Waals surface area contributed by atoms with Crippen molar-refractivity contribution in [1.82, 2.24) is 0 Å². The number of carboxylic acids is 1. The van der Waals surface area contributed by atoms with Crippen molar-refractivity contribution in [1.29, 1.82) is 0 Å². The largest absolute Gasteiger partial charge is 0.550 e. The molecule has 3 nitrogen and oxygen atoms in total. The molecule has 1 aromatic heterocycles. The highest BCUT2D eigenvalue weighted by molar-refractivity contribution is 5.60. The van der Waals surface area contributed by atoms with Gasteiger partial charge in [-0.15, -0.1) is 0 Å². The van der Waals surface area contributed by atoms with Crippen LogP contribution in [0.3, 0.4) is 0 Å². The van der Waals surface area contributed by atoms with E-state index in [-0.39, 0.29) is 0 Å². The Morgan fingerprint density at radius 2 is 2.06 bits per heavy atom. The molecular formula is C13H21NO2. The fourth-order valence-corrected chi connectivity index (χ4v) is 1.20. The summed E-state index contributed by atoms with van der Waals surface area (Å²) in [4.78, 5) is 8.89. The minimum Gasteiger partial charge on any atom is -0.550 e. The van der Waals surface area contributed by atoms with Crippen molar-refractivity contribution in [3.05, 3.63) is 30.1 Å². The number of nitrogens with zero attached hydrogens (tertiary/aromatic N) is 1. The van der Waals surface area contributed by atoms with E-state index >= 15 is 0 Å². The molecule has 1 rings (SSSR count). The number of aliphatic carboxylic acids is 1. The van der Waals surface area contributed by atoms with Gasteiger partial charge in [0.1, 0.15) is 6.54 Å². The Balaban J connectivity index is 0.000000487. The molecule has 0 N–H and O–H groups in total. The monoisotopic (exact) mass is 223 g/mol. The molecule has 0 spiro atoms. The number of aryl methyl sites for hydroxylation is 2. The first-order valence-electron chi connectivity index (χ1n) is 5.55. The smallest absolute Gasteiger partial charge is 0.171 e. The molecule has 1 aromatic rings. The maximum atomic E-state index is 8.89. The third kappa shape index (κ3) is 9.19. The van der Waals surface area contributed by atoms with Crippen LogP contribution in [0.2, 0.25) is 0 Å². The average Bonchev–Trinajstić information content (AvgIpc) is 2.14. The zero-order valence-electron chi connectivity index (χ0n) is 10.6. The number of hydrogen-bond donors (Lipinski definition) is 0. The van der Waals surface area contributed by atoms with E-state index < -0.39 is 5.97 Å². The van der Waals surface area contributed by atoms with Gasteiger partial charge in [0, 0.05) is 24.0 Å². The van der Waals surface area contributed by atoms with Crippen molar-refractivity contribution in [3.63, 3.8) is 0 Å². The highest BCUT2D eigenvalue weighted by Crippen LogP contribution is 1.98. The first-order valence-corrected chi connectivity index (χ1v) is 5.55. The quantitative estimate of drug-likeness (QED) is 0.720. The number of carboxylic acid groups (broad SMARTS) is 1. The molecule has 0 amide bonds. The molecule has 1 heterocycles. The van der Waals surface area contributed by atoms with E-state index in [0.29, 0.717) is 0 Å². The van der Waals surface area contributed by atoms with E-state index in [1.54, 1.807) is 0 Å². The summed E-state index contributed by atoms with van der Waals surface area (Å²) < 4.78 is 2.26. The Labute approximate surface area is 97.7 Å². The highest BCUT2D eigenvalue weighted by atomic mass is 16.4. The fourth-order valence-electron chi connectivity index (χ4n) is 1.20. The standard InChI is InChI=1S/C11H18N.C2H4O2/c1-10(2)6-8-12-7-4-5-11(3)9-12;1-2(3)4/h4-5,7,9-10H,6,8H2,1-3H3;1H3,(H,3,4)/q+1;/p-1. The Kier molecular flexibility index (Phi) is 7.18. The molecule has 0 unspecified atom stereocenters. The van der Waals surface area contributed by atoms with Gasteiger partial charge in [-0.2, -0.15) is 0 Å². The number of carbonyl (C=O) groups excluding carboxylic acids is 1. The van der Waals surface area contributed by atoms with Crippen LogP contribution < -0.4 is 9.67 Å². The zero-order valence-corrected chi connectivity index (χ0v) is 10.6. The maximum Gasteiger partial charge on any atom is 0.171 e. The summed E-state index contributed by atoms with van der Waals surface area (Å²) in [7, 11) is 0. The molecule has 0 fully saturated rings. The summed E-state index contributed by atoms with van der Waals surface area (Å²) in [5, 5.41) is 8.89. The zero-order chi connectivity index (χ0) is 12.6. The van der Waals surface area contributed by atoms with E-state index in [4.69, 9.17) is 9.90 Å². The highest BCUT2D eigenvalue weighted by Gasteiger charge is 2.01. The SMILES string of the molecule is CC(=O)[O-].Cc1ccc[n+](CCC(C)C)c1. The molecule has 0 radical (unpaired) electrons. The summed E-state index contributed by atoms with van der Waals surface area (Å²) in [6.45, 7) is 8.76. The topological polar surface area (TPSA) is 44.0 Å². The van der Waals surface area contributed by atoms with Crippen molar-refractivity contribution in [2.75, 3.05) is 0 Å². The second-order valence-electron chi connectivity index (χ2n) is 4.29. The lowest BCUT2D eigenvalue weighted by molar-refractivity contribution is -0.698. The van der Waals surface area contributed by atoms with Gasteiger partial charge in [0.25, 0.3) is 0 Å². The van der Waals surface area contributed by atoms with E-state index in [2.05, 4.69) is 49.9 Å². The number of carbonyl (C=O) groups is 1. The van der Waals surface area contributed by atoms with Crippen LogP contribution >= 0.6 is 0 Å². The van der Waals surface area contributed by atoms with E-state index in [1.165, 1.54) is 12.0 Å². The lowest BCUT2D eigenvalue weighted by Crippen LogP contribution is -2.33. The van der Waals surface area contributed by atoms with Crippen molar-refractivity contribution in [2.45, 2.75) is 40.7 Å². The van der Waals surface area contributed by atoms with Gasteiger partial charge in [0.15, 0.2) is 12.4 Å². The van der Waals surface area contributed by atoms with Crippen LogP contribution in [0.1, 0.15) is 32.8 Å². The molecule has 0 saturated heterocycles. The molecular weight excluding hydrogens is 202 g/mol. The van der Waals surface area contributed by atoms with Gasteiger partial charge in [-0.25, -0.2) is 4.57 Å². The second kappa shape index (κ2) is 7.85. The summed E-state index contributed by atoms with van der Waals surface area (Å²) in [6, 6.07) is 4.24. The Hall–Kier alpha value is -1.38. The normalized spacial score (nSPS) is 9.56. The summed E-state index contributed by atoms with van der Waals surface area (Å²) in [5.41, 5.74) is 1.33. The number of aromatic nitrogens is 1. The summed E-state index contributed by atoms with van der Waals surface area (Å²) in [6.07, 6.45) is 5.59. The predicted octanol–water partition coefficient (Wildman–Crippen LogP) is 1.08. The van der Waals surface area contributed by atoms with Crippen molar-refractivity contribution in [2.24, 2.45) is 5.92 Å². The lowest BCUT2D eigenvalue weighted by atomic mass is 10.1. The predicted molar refractivity (Wildman–Crippen MR) is 61.5 cm³/mol. The number of pyridine rings is 1. The van der Waals surface area contributed by atoms with Crippen LogP contribution in [0.4, 0.5) is 0 Å². The lowest BCUT2D eigenvalue weighted by Gasteiger charge is -2.00. The van der Waals surface area contributed by atoms with E-state index in [0.717, 1.165) is 19.4 Å². The molecule has 0 saturated carbocycles. The Bertz CT molecular complexity index is 317. The molecule has 0 aliphatic heterocycles. The summed E-state index contributed by atoms with van der Waals surface area (Å²) >= 11 is 0. The van der Waals surface area contributed by atoms with Crippen LogP contribution in [-0.2, 0) is 11.3 Å². The molecule has 90 valence electrons. The first kappa shape index (κ1) is 14.6. The minimum absolute atomic E-state index is 0.790. The average molecular weight is 223 g/mol. The van der Waals surface area contributed by atoms with Gasteiger partial charge < -0.3 is 9.90 Å². The maximum absolute atomic E-state index is 8.89. The van der Waals surface area contributed by atoms with Gasteiger partial charge in [-0.05, 0) is 25.8 Å². The van der Waals surface area contributed by atoms with Gasteiger partial charge in [-0.3, -0.25) is 0 Å². The second-order valence-corrected chi connectivity index (χ2v) is 4.29. The van der Waals surface area contributed by atoms with E-state index in [9.17, 15) is 0 Å². The molecule has 3 heteroatoms. The van der Waals surface area contributed by atoms with Crippen LogP contribution in [0.15, 0.2) is 24.5 Å². The first-order chi connectivity index (χ1) is 7.41. The third-order valence-electron chi connectivity index (χ3n) is 1.97. The van der Waals surface area contributed by atoms with Gasteiger partial charge >= 0.3 is 0 Å². The van der Waals surface area contributed by atoms with Crippen LogP contribution in [0, 0.1) is 12.8 Å². The third-order valence-corrected chi connectivity index (χ3v) is 1.97. The molecule has 0 atom stereocenters. The minimum atomic E-state index is -1.08.